The maximum absolute atomic E-state index is 13.5. The normalized spacial score (nSPS) is 18.9. The Balaban J connectivity index is 1.47. The molecule has 1 amide bonds. The highest BCUT2D eigenvalue weighted by Crippen LogP contribution is 2.45. The van der Waals surface area contributed by atoms with Crippen molar-refractivity contribution >= 4 is 40.6 Å². The predicted molar refractivity (Wildman–Crippen MR) is 124 cm³/mol. The molecule has 0 saturated heterocycles. The first-order valence-electron chi connectivity index (χ1n) is 10.4. The molecule has 33 heavy (non-hydrogen) atoms. The molecule has 168 valence electrons. The zero-order chi connectivity index (χ0) is 23.2. The number of carbonyl (C=O) groups is 2. The number of fused-ring (bicyclic) bond motifs is 2. The van der Waals surface area contributed by atoms with Crippen molar-refractivity contribution in [2.75, 3.05) is 18.1 Å². The number of benzene rings is 3. The quantitative estimate of drug-likeness (QED) is 0.528. The second-order valence-corrected chi connectivity index (χ2v) is 8.87. The Labute approximate surface area is 200 Å². The molecule has 1 N–H and O–H groups in total. The fourth-order valence-electron chi connectivity index (χ4n) is 4.17. The second-order valence-electron chi connectivity index (χ2n) is 8.00. The molecule has 3 aromatic rings. The summed E-state index contributed by atoms with van der Waals surface area (Å²) in [6.45, 7) is 1.04. The zero-order valence-electron chi connectivity index (χ0n) is 17.4. The molecule has 2 heterocycles. The molecule has 5 rings (SSSR count). The van der Waals surface area contributed by atoms with Gasteiger partial charge in [-0.25, -0.2) is 0 Å². The molecule has 0 saturated carbocycles. The van der Waals surface area contributed by atoms with E-state index in [2.05, 4.69) is 0 Å². The number of hydrogen-bond acceptors (Lipinski definition) is 5. The lowest BCUT2D eigenvalue weighted by molar-refractivity contribution is -0.136. The van der Waals surface area contributed by atoms with E-state index in [1.165, 1.54) is 11.0 Å². The summed E-state index contributed by atoms with van der Waals surface area (Å²) in [5, 5.41) is 12.5. The minimum absolute atomic E-state index is 0.213. The Hall–Kier alpha value is -3.06. The number of rotatable bonds is 5. The van der Waals surface area contributed by atoms with Gasteiger partial charge in [0.2, 0.25) is 0 Å². The molecule has 0 radical (unpaired) electrons. The van der Waals surface area contributed by atoms with Crippen LogP contribution in [-0.4, -0.2) is 30.0 Å². The largest absolute Gasteiger partial charge is 0.486 e. The average molecular weight is 484 g/mol. The van der Waals surface area contributed by atoms with Gasteiger partial charge in [-0.15, -0.1) is 0 Å². The van der Waals surface area contributed by atoms with Gasteiger partial charge in [-0.05, 0) is 54.1 Å². The highest BCUT2D eigenvalue weighted by atomic mass is 35.5. The summed E-state index contributed by atoms with van der Waals surface area (Å²) in [6, 6.07) is 16.8. The van der Waals surface area contributed by atoms with Gasteiger partial charge >= 0.3 is 0 Å². The van der Waals surface area contributed by atoms with Gasteiger partial charge in [0.15, 0.2) is 22.9 Å². The van der Waals surface area contributed by atoms with Crippen molar-refractivity contribution in [1.82, 2.24) is 0 Å². The van der Waals surface area contributed by atoms with Crippen molar-refractivity contribution in [3.05, 3.63) is 87.4 Å². The topological polar surface area (TPSA) is 76.1 Å². The second kappa shape index (κ2) is 8.37. The van der Waals surface area contributed by atoms with Gasteiger partial charge in [-0.2, -0.15) is 0 Å². The SMILES string of the molecule is O=C(CC1(O)C(=O)N(Cc2ccc(Cl)cc2)c2ccc(Cl)cc21)c1ccc2c(c1)OCCO2. The molecule has 2 aliphatic rings. The third kappa shape index (κ3) is 3.95. The van der Waals surface area contributed by atoms with E-state index in [1.807, 2.05) is 12.1 Å². The summed E-state index contributed by atoms with van der Waals surface area (Å²) in [7, 11) is 0. The van der Waals surface area contributed by atoms with Crippen molar-refractivity contribution in [1.29, 1.82) is 0 Å². The molecule has 0 fully saturated rings. The summed E-state index contributed by atoms with van der Waals surface area (Å²) in [6.07, 6.45) is -0.435. The van der Waals surface area contributed by atoms with Crippen LogP contribution in [0.1, 0.15) is 27.9 Å². The number of amides is 1. The summed E-state index contributed by atoms with van der Waals surface area (Å²) < 4.78 is 11.0. The van der Waals surface area contributed by atoms with Crippen LogP contribution in [0.5, 0.6) is 11.5 Å². The number of ketones is 1. The van der Waals surface area contributed by atoms with Crippen LogP contribution in [0, 0.1) is 0 Å². The average Bonchev–Trinajstić information content (AvgIpc) is 3.01. The highest BCUT2D eigenvalue weighted by Gasteiger charge is 2.51. The molecular formula is C25H19Cl2NO5. The Morgan fingerprint density at radius 3 is 2.39 bits per heavy atom. The van der Waals surface area contributed by atoms with Crippen LogP contribution >= 0.6 is 23.2 Å². The number of aliphatic hydroxyl groups is 1. The number of Topliss-reactive ketones (excluding diaryl/α,β-unsaturated/α-hetero) is 1. The van der Waals surface area contributed by atoms with Crippen molar-refractivity contribution in [3.63, 3.8) is 0 Å². The van der Waals surface area contributed by atoms with Crippen molar-refractivity contribution in [2.24, 2.45) is 0 Å². The molecule has 1 unspecified atom stereocenters. The first kappa shape index (κ1) is 21.8. The van der Waals surface area contributed by atoms with E-state index in [0.717, 1.165) is 5.56 Å². The minimum atomic E-state index is -2.04. The Bertz CT molecular complexity index is 1260. The van der Waals surface area contributed by atoms with Gasteiger partial charge < -0.3 is 19.5 Å². The molecule has 0 bridgehead atoms. The van der Waals surface area contributed by atoms with Gasteiger partial charge in [-0.3, -0.25) is 9.59 Å². The lowest BCUT2D eigenvalue weighted by Gasteiger charge is -2.23. The summed E-state index contributed by atoms with van der Waals surface area (Å²) >= 11 is 12.2. The maximum Gasteiger partial charge on any atom is 0.264 e. The number of nitrogens with zero attached hydrogens (tertiary/aromatic N) is 1. The molecule has 0 aliphatic carbocycles. The molecule has 0 aromatic heterocycles. The van der Waals surface area contributed by atoms with Crippen molar-refractivity contribution < 1.29 is 24.2 Å². The zero-order valence-corrected chi connectivity index (χ0v) is 18.9. The van der Waals surface area contributed by atoms with Crippen LogP contribution in [0.15, 0.2) is 60.7 Å². The summed E-state index contributed by atoms with van der Waals surface area (Å²) in [4.78, 5) is 28.1. The molecule has 3 aromatic carbocycles. The summed E-state index contributed by atoms with van der Waals surface area (Å²) in [5.41, 5.74) is -0.0789. The molecule has 2 aliphatic heterocycles. The fraction of sp³-hybridized carbons (Fsp3) is 0.200. The maximum atomic E-state index is 13.5. The number of ether oxygens (including phenoxy) is 2. The van der Waals surface area contributed by atoms with Gasteiger partial charge in [0.05, 0.1) is 18.7 Å². The van der Waals surface area contributed by atoms with Crippen LogP contribution in [0.2, 0.25) is 10.0 Å². The monoisotopic (exact) mass is 483 g/mol. The van der Waals surface area contributed by atoms with E-state index in [0.29, 0.717) is 51.6 Å². The van der Waals surface area contributed by atoms with Gasteiger partial charge in [0.25, 0.3) is 5.91 Å². The lowest BCUT2D eigenvalue weighted by Crippen LogP contribution is -2.41. The molecule has 0 spiro atoms. The number of anilines is 1. The van der Waals surface area contributed by atoms with Crippen molar-refractivity contribution in [2.45, 2.75) is 18.6 Å². The van der Waals surface area contributed by atoms with Crippen LogP contribution in [0.4, 0.5) is 5.69 Å². The fourth-order valence-corrected chi connectivity index (χ4v) is 4.47. The van der Waals surface area contributed by atoms with Crippen molar-refractivity contribution in [3.8, 4) is 11.5 Å². The van der Waals surface area contributed by atoms with Crippen LogP contribution in [0.25, 0.3) is 0 Å². The predicted octanol–water partition coefficient (Wildman–Crippen LogP) is 4.77. The third-order valence-electron chi connectivity index (χ3n) is 5.83. The Morgan fingerprint density at radius 1 is 0.939 bits per heavy atom. The number of hydrogen-bond donors (Lipinski definition) is 1. The third-order valence-corrected chi connectivity index (χ3v) is 6.32. The van der Waals surface area contributed by atoms with E-state index >= 15 is 0 Å². The molecule has 6 nitrogen and oxygen atoms in total. The Morgan fingerprint density at radius 2 is 1.64 bits per heavy atom. The van der Waals surface area contributed by atoms with Crippen LogP contribution in [-0.2, 0) is 16.9 Å². The van der Waals surface area contributed by atoms with Gasteiger partial charge in [0.1, 0.15) is 13.2 Å². The Kier molecular flexibility index (Phi) is 5.52. The van der Waals surface area contributed by atoms with E-state index in [-0.39, 0.29) is 6.54 Å². The van der Waals surface area contributed by atoms with Gasteiger partial charge in [-0.1, -0.05) is 35.3 Å². The first-order chi connectivity index (χ1) is 15.8. The smallest absolute Gasteiger partial charge is 0.264 e. The summed E-state index contributed by atoms with van der Waals surface area (Å²) in [5.74, 6) is 0.0343. The molecular weight excluding hydrogens is 465 g/mol. The number of carbonyl (C=O) groups excluding carboxylic acids is 2. The molecule has 8 heteroatoms. The van der Waals surface area contributed by atoms with Crippen LogP contribution < -0.4 is 14.4 Å². The van der Waals surface area contributed by atoms with E-state index in [9.17, 15) is 14.7 Å². The number of halogens is 2. The van der Waals surface area contributed by atoms with E-state index in [1.54, 1.807) is 42.5 Å². The van der Waals surface area contributed by atoms with E-state index < -0.39 is 23.7 Å². The minimum Gasteiger partial charge on any atom is -0.486 e. The standard InChI is InChI=1S/C25H19Cl2NO5/c26-17-4-1-15(2-5-17)14-28-20-7-6-18(27)12-19(20)25(31,24(28)30)13-21(29)16-3-8-22-23(11-16)33-10-9-32-22/h1-8,11-12,31H,9-10,13-14H2. The lowest BCUT2D eigenvalue weighted by atomic mass is 9.88. The van der Waals surface area contributed by atoms with Gasteiger partial charge in [0, 0.05) is 21.2 Å². The highest BCUT2D eigenvalue weighted by molar-refractivity contribution is 6.31. The van der Waals surface area contributed by atoms with E-state index in [4.69, 9.17) is 32.7 Å². The van der Waals surface area contributed by atoms with Crippen LogP contribution in [0.3, 0.4) is 0 Å². The first-order valence-corrected chi connectivity index (χ1v) is 11.1. The molecule has 1 atom stereocenters.